The van der Waals surface area contributed by atoms with E-state index >= 15 is 0 Å². The van der Waals surface area contributed by atoms with E-state index in [0.29, 0.717) is 30.2 Å². The van der Waals surface area contributed by atoms with E-state index in [1.165, 1.54) is 0 Å². The van der Waals surface area contributed by atoms with Crippen molar-refractivity contribution in [3.63, 3.8) is 0 Å². The van der Waals surface area contributed by atoms with Crippen molar-refractivity contribution in [1.29, 1.82) is 0 Å². The van der Waals surface area contributed by atoms with E-state index in [-0.39, 0.29) is 29.7 Å². The lowest BCUT2D eigenvalue weighted by Crippen LogP contribution is -2.39. The van der Waals surface area contributed by atoms with Crippen LogP contribution in [-0.4, -0.2) is 50.1 Å². The molecule has 3 rings (SSSR count). The first kappa shape index (κ1) is 20.7. The Morgan fingerprint density at radius 2 is 1.76 bits per heavy atom. The quantitative estimate of drug-likeness (QED) is 0.815. The van der Waals surface area contributed by atoms with Crippen LogP contribution < -0.4 is 14.8 Å². The molecule has 0 spiro atoms. The number of ether oxygens (including phenoxy) is 2. The van der Waals surface area contributed by atoms with Gasteiger partial charge in [-0.15, -0.1) is 0 Å². The molecule has 1 fully saturated rings. The topological polar surface area (TPSA) is 67.9 Å². The van der Waals surface area contributed by atoms with Crippen LogP contribution in [-0.2, 0) is 4.79 Å². The summed E-state index contributed by atoms with van der Waals surface area (Å²) in [6, 6.07) is 14.7. The number of hydrogen-bond donors (Lipinski definition) is 1. The summed E-state index contributed by atoms with van der Waals surface area (Å²) >= 11 is 0. The van der Waals surface area contributed by atoms with Gasteiger partial charge in [-0.1, -0.05) is 18.2 Å². The highest BCUT2D eigenvalue weighted by molar-refractivity contribution is 5.95. The number of hydrogen-bond acceptors (Lipinski definition) is 4. The zero-order chi connectivity index (χ0) is 21.0. The fourth-order valence-corrected chi connectivity index (χ4v) is 3.83. The normalized spacial score (nSPS) is 18.6. The van der Waals surface area contributed by atoms with Crippen molar-refractivity contribution in [2.75, 3.05) is 27.3 Å². The van der Waals surface area contributed by atoms with E-state index in [2.05, 4.69) is 5.32 Å². The maximum absolute atomic E-state index is 13.0. The molecule has 0 aromatic heterocycles. The van der Waals surface area contributed by atoms with Crippen molar-refractivity contribution in [3.05, 3.63) is 59.7 Å². The van der Waals surface area contributed by atoms with Crippen LogP contribution in [0, 0.1) is 5.92 Å². The molecule has 29 heavy (non-hydrogen) atoms. The molecule has 2 aromatic carbocycles. The number of nitrogens with zero attached hydrogens (tertiary/aromatic N) is 1. The summed E-state index contributed by atoms with van der Waals surface area (Å²) in [5.74, 6) is 0.692. The van der Waals surface area contributed by atoms with Crippen molar-refractivity contribution >= 4 is 11.8 Å². The Morgan fingerprint density at radius 3 is 2.38 bits per heavy atom. The summed E-state index contributed by atoms with van der Waals surface area (Å²) in [5, 5.41) is 3.00. The summed E-state index contributed by atoms with van der Waals surface area (Å²) in [7, 11) is 3.21. The van der Waals surface area contributed by atoms with Crippen molar-refractivity contribution in [3.8, 4) is 11.5 Å². The number of nitrogens with one attached hydrogen (secondary N) is 1. The number of methoxy groups -OCH3 is 2. The number of likely N-dealkylation sites (tertiary alicyclic amines) is 1. The molecule has 1 aliphatic heterocycles. The van der Waals surface area contributed by atoms with Crippen LogP contribution in [0.25, 0.3) is 0 Å². The smallest absolute Gasteiger partial charge is 0.253 e. The first-order valence-corrected chi connectivity index (χ1v) is 9.81. The average molecular weight is 396 g/mol. The predicted molar refractivity (Wildman–Crippen MR) is 111 cm³/mol. The van der Waals surface area contributed by atoms with Gasteiger partial charge in [-0.3, -0.25) is 9.59 Å². The van der Waals surface area contributed by atoms with Gasteiger partial charge in [0.15, 0.2) is 0 Å². The van der Waals surface area contributed by atoms with E-state index in [1.54, 1.807) is 31.3 Å². The van der Waals surface area contributed by atoms with Gasteiger partial charge in [0.05, 0.1) is 20.1 Å². The van der Waals surface area contributed by atoms with Crippen LogP contribution in [0.15, 0.2) is 48.5 Å². The summed E-state index contributed by atoms with van der Waals surface area (Å²) in [4.78, 5) is 27.8. The van der Waals surface area contributed by atoms with Crippen LogP contribution >= 0.6 is 0 Å². The molecule has 2 amide bonds. The van der Waals surface area contributed by atoms with Gasteiger partial charge in [-0.25, -0.2) is 0 Å². The molecule has 6 heteroatoms. The molecule has 2 aromatic rings. The Labute approximate surface area is 171 Å². The van der Waals surface area contributed by atoms with Gasteiger partial charge in [0.25, 0.3) is 5.91 Å². The minimum atomic E-state index is -0.369. The summed E-state index contributed by atoms with van der Waals surface area (Å²) < 4.78 is 10.9. The van der Waals surface area contributed by atoms with Crippen molar-refractivity contribution in [2.45, 2.75) is 25.8 Å². The van der Waals surface area contributed by atoms with Crippen LogP contribution in [0.3, 0.4) is 0 Å². The van der Waals surface area contributed by atoms with Gasteiger partial charge in [0.1, 0.15) is 11.5 Å². The maximum atomic E-state index is 13.0. The Kier molecular flexibility index (Phi) is 6.42. The number of rotatable bonds is 6. The third-order valence-electron chi connectivity index (χ3n) is 5.23. The lowest BCUT2D eigenvalue weighted by molar-refractivity contribution is -0.125. The molecule has 1 N–H and O–H groups in total. The predicted octanol–water partition coefficient (Wildman–Crippen LogP) is 3.08. The monoisotopic (exact) mass is 396 g/mol. The van der Waals surface area contributed by atoms with Crippen LogP contribution in [0.5, 0.6) is 11.5 Å². The van der Waals surface area contributed by atoms with E-state index in [0.717, 1.165) is 5.56 Å². The number of carbonyl (C=O) groups excluding carboxylic acids is 2. The Hall–Kier alpha value is -3.02. The lowest BCUT2D eigenvalue weighted by atomic mass is 9.87. The number of benzene rings is 2. The molecule has 1 heterocycles. The summed E-state index contributed by atoms with van der Waals surface area (Å²) in [5.41, 5.74) is 1.49. The maximum Gasteiger partial charge on any atom is 0.253 e. The fraction of sp³-hybridized carbons (Fsp3) is 0.391. The second-order valence-corrected chi connectivity index (χ2v) is 7.56. The molecule has 0 saturated carbocycles. The Balaban J connectivity index is 1.96. The van der Waals surface area contributed by atoms with Gasteiger partial charge in [-0.2, -0.15) is 0 Å². The van der Waals surface area contributed by atoms with Gasteiger partial charge in [0.2, 0.25) is 5.91 Å². The fourth-order valence-electron chi connectivity index (χ4n) is 3.83. The molecule has 1 saturated heterocycles. The third kappa shape index (κ3) is 4.53. The highest BCUT2D eigenvalue weighted by Gasteiger charge is 2.42. The molecule has 154 valence electrons. The molecule has 0 radical (unpaired) electrons. The summed E-state index contributed by atoms with van der Waals surface area (Å²) in [6.45, 7) is 4.66. The third-order valence-corrected chi connectivity index (χ3v) is 5.23. The zero-order valence-electron chi connectivity index (χ0n) is 17.3. The molecular weight excluding hydrogens is 368 g/mol. The molecule has 0 unspecified atom stereocenters. The zero-order valence-corrected chi connectivity index (χ0v) is 17.3. The van der Waals surface area contributed by atoms with Crippen molar-refractivity contribution in [2.24, 2.45) is 5.92 Å². The molecule has 0 bridgehead atoms. The first-order valence-electron chi connectivity index (χ1n) is 9.81. The van der Waals surface area contributed by atoms with Crippen molar-refractivity contribution in [1.82, 2.24) is 10.2 Å². The number of amides is 2. The Morgan fingerprint density at radius 1 is 1.03 bits per heavy atom. The van der Waals surface area contributed by atoms with Gasteiger partial charge in [-0.05, 0) is 44.2 Å². The highest BCUT2D eigenvalue weighted by Crippen LogP contribution is 2.40. The largest absolute Gasteiger partial charge is 0.497 e. The van der Waals surface area contributed by atoms with Gasteiger partial charge >= 0.3 is 0 Å². The van der Waals surface area contributed by atoms with E-state index < -0.39 is 0 Å². The number of carbonyl (C=O) groups is 2. The van der Waals surface area contributed by atoms with Crippen LogP contribution in [0.2, 0.25) is 0 Å². The molecule has 1 aliphatic rings. The van der Waals surface area contributed by atoms with E-state index in [9.17, 15) is 9.59 Å². The lowest BCUT2D eigenvalue weighted by Gasteiger charge is -2.22. The average Bonchev–Trinajstić information content (AvgIpc) is 3.18. The SMILES string of the molecule is COc1ccc(OC)c([C@H]2CN(C(=O)c3ccccc3)C[C@H]2C(=O)NC(C)C)c1. The highest BCUT2D eigenvalue weighted by atomic mass is 16.5. The Bertz CT molecular complexity index is 866. The first-order chi connectivity index (χ1) is 13.9. The second-order valence-electron chi connectivity index (χ2n) is 7.56. The van der Waals surface area contributed by atoms with Gasteiger partial charge in [0, 0.05) is 36.2 Å². The standard InChI is InChI=1S/C23H28N2O4/c1-15(2)24-22(26)20-14-25(23(27)16-8-6-5-7-9-16)13-19(20)18-12-17(28-3)10-11-21(18)29-4/h5-12,15,19-20H,13-14H2,1-4H3,(H,24,26)/t19-,20-/m1/s1. The second kappa shape index (κ2) is 8.99. The van der Waals surface area contributed by atoms with Crippen LogP contribution in [0.1, 0.15) is 35.7 Å². The van der Waals surface area contributed by atoms with Crippen molar-refractivity contribution < 1.29 is 19.1 Å². The molecule has 2 atom stereocenters. The molecule has 0 aliphatic carbocycles. The molecular formula is C23H28N2O4. The minimum absolute atomic E-state index is 0.0224. The minimum Gasteiger partial charge on any atom is -0.497 e. The van der Waals surface area contributed by atoms with E-state index in [4.69, 9.17) is 9.47 Å². The summed E-state index contributed by atoms with van der Waals surface area (Å²) in [6.07, 6.45) is 0. The van der Waals surface area contributed by atoms with Crippen LogP contribution in [0.4, 0.5) is 0 Å². The molecule has 6 nitrogen and oxygen atoms in total. The van der Waals surface area contributed by atoms with E-state index in [1.807, 2.05) is 50.2 Å². The van der Waals surface area contributed by atoms with Gasteiger partial charge < -0.3 is 19.7 Å².